The Bertz CT molecular complexity index is 1400. The number of urea groups is 1. The molecule has 1 aromatic carbocycles. The van der Waals surface area contributed by atoms with Crippen molar-refractivity contribution in [1.29, 1.82) is 0 Å². The van der Waals surface area contributed by atoms with Crippen molar-refractivity contribution < 1.29 is 19.1 Å². The van der Waals surface area contributed by atoms with E-state index in [2.05, 4.69) is 16.0 Å². The first-order valence-corrected chi connectivity index (χ1v) is 18.3. The maximum absolute atomic E-state index is 14.0. The molecule has 4 amide bonds. The molecule has 46 heavy (non-hydrogen) atoms. The normalized spacial score (nSPS) is 21.0. The summed E-state index contributed by atoms with van der Waals surface area (Å²) in [5.74, 6) is 1.20. The summed E-state index contributed by atoms with van der Waals surface area (Å²) in [5, 5.41) is 11.0. The third kappa shape index (κ3) is 7.42. The first kappa shape index (κ1) is 32.9. The predicted octanol–water partition coefficient (Wildman–Crippen LogP) is 5.39. The monoisotopic (exact) mass is 670 g/mol. The van der Waals surface area contributed by atoms with Gasteiger partial charge in [-0.05, 0) is 104 Å². The molecule has 5 heterocycles. The van der Waals surface area contributed by atoms with Crippen LogP contribution < -0.4 is 16.4 Å². The van der Waals surface area contributed by atoms with Crippen LogP contribution in [0, 0.1) is 11.8 Å². The minimum Gasteiger partial charge on any atom is -0.436 e. The highest BCUT2D eigenvalue weighted by atomic mass is 35.5. The van der Waals surface area contributed by atoms with Crippen LogP contribution in [0.15, 0.2) is 22.9 Å². The number of nitrogen functional groups attached to an aromatic ring is 1. The van der Waals surface area contributed by atoms with E-state index in [1.165, 1.54) is 18.4 Å². The highest BCUT2D eigenvalue weighted by Crippen LogP contribution is 2.32. The number of nitrogens with zero attached hydrogens (tertiary/aromatic N) is 3. The van der Waals surface area contributed by atoms with E-state index >= 15 is 0 Å². The van der Waals surface area contributed by atoms with E-state index in [1.54, 1.807) is 22.3 Å². The standard InChI is InChI=1S/C34H47ClN6O4S/c1-2-23-17-22(18-28(35)31(23)36)19-30(32(42)39-12-5-25(6-13-39)24-3-10-37-11-4-24)45-34(44)40-14-8-27(9-15-40)41-16-7-26-20-46-21-29(26)38-33(41)43/h17-18,20-21,24-25,27,30,37H,2-16,19,36H2,1H3,(H,38,43)/t30-/m1/s1. The summed E-state index contributed by atoms with van der Waals surface area (Å²) < 4.78 is 6.07. The lowest BCUT2D eigenvalue weighted by atomic mass is 9.79. The van der Waals surface area contributed by atoms with Crippen LogP contribution >= 0.6 is 22.9 Å². The topological polar surface area (TPSA) is 120 Å². The number of nitrogens with one attached hydrogen (secondary N) is 2. The van der Waals surface area contributed by atoms with Crippen molar-refractivity contribution in [3.05, 3.63) is 44.6 Å². The molecule has 0 unspecified atom stereocenters. The molecule has 4 aliphatic rings. The number of fused-ring (bicyclic) bond motifs is 1. The Morgan fingerprint density at radius 1 is 1.00 bits per heavy atom. The van der Waals surface area contributed by atoms with Crippen LogP contribution in [0.2, 0.25) is 5.02 Å². The average Bonchev–Trinajstić information content (AvgIpc) is 3.46. The van der Waals surface area contributed by atoms with Gasteiger partial charge in [-0.15, -0.1) is 11.3 Å². The van der Waals surface area contributed by atoms with Gasteiger partial charge in [-0.25, -0.2) is 9.59 Å². The minimum atomic E-state index is -0.958. The molecule has 0 aliphatic carbocycles. The van der Waals surface area contributed by atoms with Gasteiger partial charge in [-0.2, -0.15) is 0 Å². The number of benzene rings is 1. The molecule has 4 aliphatic heterocycles. The number of carbonyl (C=O) groups excluding carboxylic acids is 3. The molecule has 3 saturated heterocycles. The van der Waals surface area contributed by atoms with Crippen LogP contribution in [0.4, 0.5) is 21.0 Å². The molecular weight excluding hydrogens is 624 g/mol. The lowest BCUT2D eigenvalue weighted by Crippen LogP contribution is -2.52. The first-order valence-electron chi connectivity index (χ1n) is 16.9. The number of hydrogen-bond donors (Lipinski definition) is 3. The zero-order valence-electron chi connectivity index (χ0n) is 26.8. The first-order chi connectivity index (χ1) is 22.3. The number of anilines is 2. The molecule has 250 valence electrons. The molecular formula is C34H47ClN6O4S. The third-order valence-corrected chi connectivity index (χ3v) is 11.6. The quantitative estimate of drug-likeness (QED) is 0.340. The van der Waals surface area contributed by atoms with Crippen molar-refractivity contribution in [3.63, 3.8) is 0 Å². The van der Waals surface area contributed by atoms with E-state index in [4.69, 9.17) is 22.1 Å². The van der Waals surface area contributed by atoms with Crippen LogP contribution in [0.5, 0.6) is 0 Å². The Balaban J connectivity index is 1.10. The molecule has 1 atom stereocenters. The number of amides is 4. The lowest BCUT2D eigenvalue weighted by molar-refractivity contribution is -0.142. The third-order valence-electron chi connectivity index (χ3n) is 10.5. The summed E-state index contributed by atoms with van der Waals surface area (Å²) >= 11 is 8.07. The predicted molar refractivity (Wildman–Crippen MR) is 182 cm³/mol. The van der Waals surface area contributed by atoms with Crippen molar-refractivity contribution in [3.8, 4) is 0 Å². The number of rotatable bonds is 7. The number of nitrogens with two attached hydrogens (primary N) is 1. The molecule has 2 aromatic rings. The highest BCUT2D eigenvalue weighted by molar-refractivity contribution is 7.08. The fraction of sp³-hybridized carbons (Fsp3) is 0.618. The van der Waals surface area contributed by atoms with Gasteiger partial charge in [0.1, 0.15) is 0 Å². The molecule has 0 saturated carbocycles. The maximum atomic E-state index is 14.0. The van der Waals surface area contributed by atoms with Gasteiger partial charge in [0.25, 0.3) is 5.91 Å². The summed E-state index contributed by atoms with van der Waals surface area (Å²) in [6.45, 7) is 7.10. The number of aryl methyl sites for hydroxylation is 1. The average molecular weight is 671 g/mol. The fourth-order valence-corrected chi connectivity index (χ4v) is 8.80. The maximum Gasteiger partial charge on any atom is 0.410 e. The number of hydrogen-bond acceptors (Lipinski definition) is 7. The van der Waals surface area contributed by atoms with Gasteiger partial charge in [0.05, 0.1) is 16.4 Å². The van der Waals surface area contributed by atoms with E-state index in [0.717, 1.165) is 49.2 Å². The number of likely N-dealkylation sites (tertiary alicyclic amines) is 2. The molecule has 6 rings (SSSR count). The fourth-order valence-electron chi connectivity index (χ4n) is 7.71. The van der Waals surface area contributed by atoms with Crippen molar-refractivity contribution in [2.75, 3.05) is 56.9 Å². The molecule has 4 N–H and O–H groups in total. The number of ether oxygens (including phenoxy) is 1. The van der Waals surface area contributed by atoms with E-state index in [1.807, 2.05) is 28.2 Å². The van der Waals surface area contributed by atoms with Gasteiger partial charge in [-0.1, -0.05) is 24.6 Å². The Labute approximate surface area is 280 Å². The molecule has 0 bridgehead atoms. The van der Waals surface area contributed by atoms with Crippen LogP contribution in [0.1, 0.15) is 62.1 Å². The Hall–Kier alpha value is -3.02. The Kier molecular flexibility index (Phi) is 10.6. The highest BCUT2D eigenvalue weighted by Gasteiger charge is 2.36. The van der Waals surface area contributed by atoms with Gasteiger partial charge in [0, 0.05) is 50.6 Å². The van der Waals surface area contributed by atoms with Crippen molar-refractivity contribution >= 4 is 52.3 Å². The van der Waals surface area contributed by atoms with Gasteiger partial charge in [0.2, 0.25) is 0 Å². The number of piperidine rings is 3. The Morgan fingerprint density at radius 3 is 2.41 bits per heavy atom. The van der Waals surface area contributed by atoms with Crippen LogP contribution in [-0.4, -0.2) is 90.7 Å². The second-order valence-electron chi connectivity index (χ2n) is 13.2. The largest absolute Gasteiger partial charge is 0.436 e. The summed E-state index contributed by atoms with van der Waals surface area (Å²) in [5.41, 5.74) is 10.5. The molecule has 0 radical (unpaired) electrons. The van der Waals surface area contributed by atoms with Gasteiger partial charge in [-0.3, -0.25) is 4.79 Å². The zero-order chi connectivity index (χ0) is 32.2. The molecule has 3 fully saturated rings. The molecule has 1 aromatic heterocycles. The molecule has 12 heteroatoms. The summed E-state index contributed by atoms with van der Waals surface area (Å²) in [4.78, 5) is 46.1. The molecule has 0 spiro atoms. The van der Waals surface area contributed by atoms with E-state index in [0.29, 0.717) is 74.5 Å². The lowest BCUT2D eigenvalue weighted by Gasteiger charge is -2.39. The number of carbonyl (C=O) groups is 3. The van der Waals surface area contributed by atoms with E-state index < -0.39 is 12.2 Å². The Morgan fingerprint density at radius 2 is 1.70 bits per heavy atom. The van der Waals surface area contributed by atoms with Gasteiger partial charge < -0.3 is 35.8 Å². The van der Waals surface area contributed by atoms with E-state index in [9.17, 15) is 14.4 Å². The zero-order valence-corrected chi connectivity index (χ0v) is 28.3. The van der Waals surface area contributed by atoms with Crippen molar-refractivity contribution in [1.82, 2.24) is 20.0 Å². The van der Waals surface area contributed by atoms with Crippen molar-refractivity contribution in [2.45, 2.75) is 76.9 Å². The summed E-state index contributed by atoms with van der Waals surface area (Å²) in [6, 6.07) is 3.71. The number of halogens is 1. The minimum absolute atomic E-state index is 0.0415. The molecule has 10 nitrogen and oxygen atoms in total. The SMILES string of the molecule is CCc1cc(C[C@@H](OC(=O)N2CCC(N3CCc4cscc4NC3=O)CC2)C(=O)N2CCC(C3CCNCC3)CC2)cc(Cl)c1N. The second-order valence-corrected chi connectivity index (χ2v) is 14.4. The van der Waals surface area contributed by atoms with Gasteiger partial charge in [0.15, 0.2) is 6.10 Å². The van der Waals surface area contributed by atoms with Gasteiger partial charge >= 0.3 is 12.1 Å². The smallest absolute Gasteiger partial charge is 0.410 e. The van der Waals surface area contributed by atoms with E-state index in [-0.39, 0.29) is 24.4 Å². The summed E-state index contributed by atoms with van der Waals surface area (Å²) in [6.07, 6.45) is 5.99. The number of thiophene rings is 1. The van der Waals surface area contributed by atoms with Crippen LogP contribution in [-0.2, 0) is 28.8 Å². The van der Waals surface area contributed by atoms with Crippen LogP contribution in [0.25, 0.3) is 0 Å². The second kappa shape index (κ2) is 14.8. The van der Waals surface area contributed by atoms with Crippen LogP contribution in [0.3, 0.4) is 0 Å². The van der Waals surface area contributed by atoms with Crippen molar-refractivity contribution in [2.24, 2.45) is 11.8 Å². The summed E-state index contributed by atoms with van der Waals surface area (Å²) in [7, 11) is 0.